The number of amides is 1. The summed E-state index contributed by atoms with van der Waals surface area (Å²) in [5.74, 6) is -1.71. The number of aliphatic hydroxyl groups is 1. The van der Waals surface area contributed by atoms with E-state index in [2.05, 4.69) is 32.9 Å². The first kappa shape index (κ1) is 29.2. The van der Waals surface area contributed by atoms with Gasteiger partial charge in [-0.1, -0.05) is 29.4 Å². The summed E-state index contributed by atoms with van der Waals surface area (Å²) in [5, 5.41) is 42.0. The van der Waals surface area contributed by atoms with Crippen molar-refractivity contribution in [3.05, 3.63) is 75.4 Å². The van der Waals surface area contributed by atoms with Crippen LogP contribution in [-0.2, 0) is 17.8 Å². The number of hydrogen-bond donors (Lipinski definition) is 4. The molecule has 0 fully saturated rings. The second-order valence-electron chi connectivity index (χ2n) is 11.5. The largest absolute Gasteiger partial charge is 0.508 e. The molecule has 0 radical (unpaired) electrons. The highest BCUT2D eigenvalue weighted by Gasteiger charge is 2.46. The van der Waals surface area contributed by atoms with Gasteiger partial charge >= 0.3 is 5.97 Å². The third-order valence-electron chi connectivity index (χ3n) is 7.89. The molecule has 8 nitrogen and oxygen atoms in total. The minimum atomic E-state index is -1.34. The van der Waals surface area contributed by atoms with Gasteiger partial charge in [0.1, 0.15) is 22.8 Å². The van der Waals surface area contributed by atoms with Crippen LogP contribution < -0.4 is 4.74 Å². The van der Waals surface area contributed by atoms with Gasteiger partial charge in [0.2, 0.25) is 0 Å². The van der Waals surface area contributed by atoms with E-state index in [9.17, 15) is 30.0 Å². The zero-order valence-electron chi connectivity index (χ0n) is 23.8. The van der Waals surface area contributed by atoms with Gasteiger partial charge in [-0.05, 0) is 89.6 Å². The molecule has 0 saturated carbocycles. The first-order valence-corrected chi connectivity index (χ1v) is 13.7. The molecule has 0 aliphatic carbocycles. The number of phenols is 2. The highest BCUT2D eigenvalue weighted by molar-refractivity contribution is 6.02. The molecular formula is C32H39NO7. The smallest absolute Gasteiger partial charge is 0.331 e. The van der Waals surface area contributed by atoms with Crippen LogP contribution >= 0.6 is 0 Å². The van der Waals surface area contributed by atoms with Crippen LogP contribution in [0.2, 0.25) is 0 Å². The minimum Gasteiger partial charge on any atom is -0.508 e. The highest BCUT2D eigenvalue weighted by Crippen LogP contribution is 2.47. The van der Waals surface area contributed by atoms with Gasteiger partial charge in [0.25, 0.3) is 5.91 Å². The average molecular weight is 550 g/mol. The number of carboxylic acid groups (broad SMARTS) is 1. The molecule has 2 heterocycles. The fourth-order valence-electron chi connectivity index (χ4n) is 5.63. The number of fused-ring (bicyclic) bond motifs is 3. The Morgan fingerprint density at radius 2 is 1.85 bits per heavy atom. The highest BCUT2D eigenvalue weighted by atomic mass is 16.5. The lowest BCUT2D eigenvalue weighted by molar-refractivity contribution is -0.142. The zero-order chi connectivity index (χ0) is 29.4. The molecule has 214 valence electrons. The Morgan fingerprint density at radius 3 is 2.50 bits per heavy atom. The molecule has 2 aromatic carbocycles. The Morgan fingerprint density at radius 1 is 1.12 bits per heavy atom. The predicted octanol–water partition coefficient (Wildman–Crippen LogP) is 5.72. The average Bonchev–Trinajstić information content (AvgIpc) is 3.15. The van der Waals surface area contributed by atoms with Crippen molar-refractivity contribution in [2.45, 2.75) is 91.0 Å². The molecule has 40 heavy (non-hydrogen) atoms. The maximum absolute atomic E-state index is 13.5. The quantitative estimate of drug-likeness (QED) is 0.295. The molecule has 0 bridgehead atoms. The Hall–Kier alpha value is -3.78. The third-order valence-corrected chi connectivity index (χ3v) is 7.89. The normalized spacial score (nSPS) is 20.9. The van der Waals surface area contributed by atoms with Crippen LogP contribution in [0.1, 0.15) is 92.0 Å². The Balaban J connectivity index is 1.61. The number of ether oxygens (including phenoxy) is 1. The van der Waals surface area contributed by atoms with E-state index in [4.69, 9.17) is 4.74 Å². The second-order valence-corrected chi connectivity index (χ2v) is 11.5. The van der Waals surface area contributed by atoms with Crippen molar-refractivity contribution in [2.75, 3.05) is 0 Å². The summed E-state index contributed by atoms with van der Waals surface area (Å²) in [7, 11) is 0. The maximum Gasteiger partial charge on any atom is 0.331 e. The van der Waals surface area contributed by atoms with Crippen LogP contribution in [0.15, 0.2) is 47.6 Å². The van der Waals surface area contributed by atoms with E-state index in [1.54, 1.807) is 13.0 Å². The topological polar surface area (TPSA) is 128 Å². The molecular weight excluding hydrogens is 510 g/mol. The number of hydrogen-bond acceptors (Lipinski definition) is 6. The molecule has 0 spiro atoms. The van der Waals surface area contributed by atoms with Gasteiger partial charge in [-0.2, -0.15) is 0 Å². The van der Waals surface area contributed by atoms with E-state index in [0.29, 0.717) is 35.3 Å². The number of aliphatic carboxylic acids is 1. The van der Waals surface area contributed by atoms with Crippen molar-refractivity contribution >= 4 is 11.9 Å². The van der Waals surface area contributed by atoms with E-state index in [1.165, 1.54) is 34.2 Å². The summed E-state index contributed by atoms with van der Waals surface area (Å²) in [5.41, 5.74) is 3.60. The lowest BCUT2D eigenvalue weighted by atomic mass is 9.84. The van der Waals surface area contributed by atoms with Crippen molar-refractivity contribution in [1.29, 1.82) is 0 Å². The third kappa shape index (κ3) is 5.87. The van der Waals surface area contributed by atoms with Crippen LogP contribution in [0.25, 0.3) is 0 Å². The minimum absolute atomic E-state index is 0.0437. The summed E-state index contributed by atoms with van der Waals surface area (Å²) in [6.45, 7) is 9.77. The number of carbonyl (C=O) groups excluding carboxylic acids is 1. The first-order valence-electron chi connectivity index (χ1n) is 13.7. The molecule has 3 unspecified atom stereocenters. The van der Waals surface area contributed by atoms with Crippen molar-refractivity contribution < 1.29 is 34.8 Å². The van der Waals surface area contributed by atoms with E-state index < -0.39 is 29.6 Å². The van der Waals surface area contributed by atoms with Crippen LogP contribution in [0.4, 0.5) is 0 Å². The second kappa shape index (κ2) is 11.4. The molecule has 0 aromatic heterocycles. The number of allylic oxidation sites excluding steroid dienone is 4. The Labute approximate surface area is 235 Å². The van der Waals surface area contributed by atoms with Crippen LogP contribution in [0.3, 0.4) is 0 Å². The Bertz CT molecular complexity index is 1370. The summed E-state index contributed by atoms with van der Waals surface area (Å²) in [4.78, 5) is 27.1. The van der Waals surface area contributed by atoms with Gasteiger partial charge in [0.05, 0.1) is 18.2 Å². The van der Waals surface area contributed by atoms with E-state index >= 15 is 0 Å². The Kier molecular flexibility index (Phi) is 8.30. The number of aromatic hydroxyl groups is 2. The van der Waals surface area contributed by atoms with E-state index in [-0.39, 0.29) is 35.6 Å². The SMILES string of the molecule is CC(C)=CCCC(C)=CCCC1(C)Oc2c(c(O)cc3c2CN(C(C(=O)O)c2cc(C)cc(O)c2)C3=O)CC1O. The summed E-state index contributed by atoms with van der Waals surface area (Å²) >= 11 is 0. The number of nitrogens with zero attached hydrogens (tertiary/aromatic N) is 1. The van der Waals surface area contributed by atoms with Gasteiger partial charge in [-0.15, -0.1) is 0 Å². The van der Waals surface area contributed by atoms with Gasteiger partial charge in [0.15, 0.2) is 6.04 Å². The maximum atomic E-state index is 13.5. The summed E-state index contributed by atoms with van der Waals surface area (Å²) < 4.78 is 6.42. The molecule has 8 heteroatoms. The molecule has 4 rings (SSSR count). The lowest BCUT2D eigenvalue weighted by Gasteiger charge is -2.41. The molecule has 0 saturated heterocycles. The van der Waals surface area contributed by atoms with Crippen molar-refractivity contribution in [2.24, 2.45) is 0 Å². The number of benzene rings is 2. The van der Waals surface area contributed by atoms with Gasteiger partial charge in [-0.25, -0.2) is 4.79 Å². The van der Waals surface area contributed by atoms with Crippen LogP contribution in [-0.4, -0.2) is 48.9 Å². The molecule has 3 atom stereocenters. The summed E-state index contributed by atoms with van der Waals surface area (Å²) in [6, 6.07) is 4.47. The predicted molar refractivity (Wildman–Crippen MR) is 152 cm³/mol. The van der Waals surface area contributed by atoms with E-state index in [0.717, 1.165) is 12.8 Å². The number of aliphatic hydroxyl groups excluding tert-OH is 1. The molecule has 2 aromatic rings. The van der Waals surface area contributed by atoms with Crippen LogP contribution in [0, 0.1) is 6.92 Å². The van der Waals surface area contributed by atoms with E-state index in [1.807, 2.05) is 6.92 Å². The first-order chi connectivity index (χ1) is 18.8. The number of aryl methyl sites for hydroxylation is 1. The van der Waals surface area contributed by atoms with Crippen molar-refractivity contribution in [3.8, 4) is 17.2 Å². The summed E-state index contributed by atoms with van der Waals surface area (Å²) in [6.07, 6.45) is 6.78. The lowest BCUT2D eigenvalue weighted by Crippen LogP contribution is -2.49. The number of rotatable bonds is 9. The van der Waals surface area contributed by atoms with Crippen LogP contribution in [0.5, 0.6) is 17.2 Å². The van der Waals surface area contributed by atoms with Crippen molar-refractivity contribution in [1.82, 2.24) is 4.90 Å². The number of carbonyl (C=O) groups is 2. The van der Waals surface area contributed by atoms with Gasteiger partial charge in [0, 0.05) is 17.5 Å². The zero-order valence-corrected chi connectivity index (χ0v) is 23.8. The fraction of sp³-hybridized carbons (Fsp3) is 0.438. The van der Waals surface area contributed by atoms with Crippen molar-refractivity contribution in [3.63, 3.8) is 0 Å². The van der Waals surface area contributed by atoms with Gasteiger partial charge in [-0.3, -0.25) is 4.79 Å². The molecule has 4 N–H and O–H groups in total. The standard InChI is InChI=1S/C32H39NO7/c1-18(2)8-6-9-19(3)10-7-11-32(5)27(36)16-24-26(35)15-23-25(29(24)40-32)17-33(30(23)37)28(31(38)39)21-12-20(4)13-22(34)14-21/h8,10,12-15,27-28,34-36H,6-7,9,11,16-17H2,1-5H3,(H,38,39). The molecule has 1 amide bonds. The molecule has 2 aliphatic heterocycles. The number of carboxylic acids is 1. The van der Waals surface area contributed by atoms with Gasteiger partial charge < -0.3 is 30.1 Å². The molecule has 2 aliphatic rings. The monoisotopic (exact) mass is 549 g/mol. The number of phenolic OH excluding ortho intramolecular Hbond substituents is 2. The fourth-order valence-corrected chi connectivity index (χ4v) is 5.63.